The molecule has 0 radical (unpaired) electrons. The SMILES string of the molecule is Cc1ccc(NC(=O)CN(C)CC(=O)N2CCN([C@@H](C)c3ccccc3)CC2)cc1. The molecule has 2 aromatic rings. The Hall–Kier alpha value is -2.70. The average molecular weight is 409 g/mol. The number of nitrogens with zero attached hydrogens (tertiary/aromatic N) is 3. The summed E-state index contributed by atoms with van der Waals surface area (Å²) in [5.74, 6) is -0.0386. The van der Waals surface area contributed by atoms with E-state index in [0.717, 1.165) is 37.4 Å². The molecule has 0 saturated carbocycles. The Kier molecular flexibility index (Phi) is 7.60. The lowest BCUT2D eigenvalue weighted by Gasteiger charge is -2.38. The van der Waals surface area contributed by atoms with Crippen LogP contribution in [-0.4, -0.2) is 72.8 Å². The number of aryl methyl sites for hydroxylation is 1. The highest BCUT2D eigenvalue weighted by Crippen LogP contribution is 2.21. The summed E-state index contributed by atoms with van der Waals surface area (Å²) in [6, 6.07) is 18.5. The van der Waals surface area contributed by atoms with Crippen molar-refractivity contribution >= 4 is 17.5 Å². The molecular weight excluding hydrogens is 376 g/mol. The van der Waals surface area contributed by atoms with Crippen molar-refractivity contribution in [3.63, 3.8) is 0 Å². The summed E-state index contributed by atoms with van der Waals surface area (Å²) >= 11 is 0. The molecule has 0 bridgehead atoms. The van der Waals surface area contributed by atoms with Crippen LogP contribution < -0.4 is 5.32 Å². The van der Waals surface area contributed by atoms with Gasteiger partial charge in [-0.25, -0.2) is 0 Å². The first kappa shape index (κ1) is 22.0. The molecule has 2 amide bonds. The average Bonchev–Trinajstić information content (AvgIpc) is 2.75. The van der Waals surface area contributed by atoms with Gasteiger partial charge in [-0.1, -0.05) is 48.0 Å². The van der Waals surface area contributed by atoms with Crippen LogP contribution in [0.25, 0.3) is 0 Å². The van der Waals surface area contributed by atoms with Crippen LogP contribution >= 0.6 is 0 Å². The maximum atomic E-state index is 12.7. The van der Waals surface area contributed by atoms with Crippen LogP contribution in [0.5, 0.6) is 0 Å². The van der Waals surface area contributed by atoms with E-state index in [1.54, 1.807) is 11.9 Å². The van der Waals surface area contributed by atoms with E-state index in [2.05, 4.69) is 41.4 Å². The predicted molar refractivity (Wildman–Crippen MR) is 120 cm³/mol. The van der Waals surface area contributed by atoms with Crippen molar-refractivity contribution in [1.82, 2.24) is 14.7 Å². The molecule has 3 rings (SSSR count). The third kappa shape index (κ3) is 6.15. The number of hydrogen-bond donors (Lipinski definition) is 1. The minimum Gasteiger partial charge on any atom is -0.339 e. The van der Waals surface area contributed by atoms with E-state index in [1.807, 2.05) is 42.2 Å². The van der Waals surface area contributed by atoms with Crippen LogP contribution in [0.2, 0.25) is 0 Å². The molecule has 6 heteroatoms. The van der Waals surface area contributed by atoms with Crippen LogP contribution in [-0.2, 0) is 9.59 Å². The normalized spacial score (nSPS) is 15.8. The molecule has 0 unspecified atom stereocenters. The first-order chi connectivity index (χ1) is 14.4. The Labute approximate surface area is 179 Å². The fraction of sp³-hybridized carbons (Fsp3) is 0.417. The molecule has 1 N–H and O–H groups in total. The molecule has 1 atom stereocenters. The second-order valence-corrected chi connectivity index (χ2v) is 8.09. The molecule has 0 aliphatic carbocycles. The maximum absolute atomic E-state index is 12.7. The molecule has 6 nitrogen and oxygen atoms in total. The summed E-state index contributed by atoms with van der Waals surface area (Å²) in [5.41, 5.74) is 3.22. The van der Waals surface area contributed by atoms with E-state index in [0.29, 0.717) is 6.04 Å². The maximum Gasteiger partial charge on any atom is 0.238 e. The molecular formula is C24H32N4O2. The van der Waals surface area contributed by atoms with Crippen LogP contribution in [0.1, 0.15) is 24.1 Å². The van der Waals surface area contributed by atoms with Gasteiger partial charge >= 0.3 is 0 Å². The van der Waals surface area contributed by atoms with Crippen LogP contribution in [0, 0.1) is 6.92 Å². The van der Waals surface area contributed by atoms with Gasteiger partial charge in [0, 0.05) is 37.9 Å². The Bertz CT molecular complexity index is 830. The number of piperazine rings is 1. The number of carbonyl (C=O) groups excluding carboxylic acids is 2. The van der Waals surface area contributed by atoms with E-state index >= 15 is 0 Å². The minimum absolute atomic E-state index is 0.0765. The molecule has 1 heterocycles. The minimum atomic E-state index is -0.115. The van der Waals surface area contributed by atoms with Gasteiger partial charge < -0.3 is 10.2 Å². The van der Waals surface area contributed by atoms with Crippen molar-refractivity contribution in [1.29, 1.82) is 0 Å². The smallest absolute Gasteiger partial charge is 0.238 e. The van der Waals surface area contributed by atoms with Crippen molar-refractivity contribution in [3.05, 3.63) is 65.7 Å². The molecule has 0 aromatic heterocycles. The molecule has 1 saturated heterocycles. The zero-order valence-electron chi connectivity index (χ0n) is 18.2. The number of amides is 2. The number of rotatable bonds is 7. The number of hydrogen-bond acceptors (Lipinski definition) is 4. The van der Waals surface area contributed by atoms with Gasteiger partial charge in [0.15, 0.2) is 0 Å². The summed E-state index contributed by atoms with van der Waals surface area (Å²) in [6.45, 7) is 7.82. The third-order valence-corrected chi connectivity index (χ3v) is 5.65. The van der Waals surface area contributed by atoms with E-state index in [4.69, 9.17) is 0 Å². The lowest BCUT2D eigenvalue weighted by atomic mass is 10.1. The molecule has 0 spiro atoms. The molecule has 1 aliphatic heterocycles. The summed E-state index contributed by atoms with van der Waals surface area (Å²) in [4.78, 5) is 31.0. The van der Waals surface area contributed by atoms with Crippen LogP contribution in [0.4, 0.5) is 5.69 Å². The van der Waals surface area contributed by atoms with E-state index in [9.17, 15) is 9.59 Å². The van der Waals surface area contributed by atoms with Crippen LogP contribution in [0.15, 0.2) is 54.6 Å². The molecule has 1 fully saturated rings. The summed E-state index contributed by atoms with van der Waals surface area (Å²) < 4.78 is 0. The second kappa shape index (κ2) is 10.4. The number of carbonyl (C=O) groups is 2. The van der Waals surface area contributed by atoms with Gasteiger partial charge in [0.05, 0.1) is 13.1 Å². The van der Waals surface area contributed by atoms with E-state index < -0.39 is 0 Å². The quantitative estimate of drug-likeness (QED) is 0.766. The highest BCUT2D eigenvalue weighted by molar-refractivity contribution is 5.92. The summed E-state index contributed by atoms with van der Waals surface area (Å²) in [5, 5.41) is 2.87. The Morgan fingerprint density at radius 2 is 1.60 bits per heavy atom. The fourth-order valence-corrected chi connectivity index (χ4v) is 3.77. The summed E-state index contributed by atoms with van der Waals surface area (Å²) in [6.07, 6.45) is 0. The number of anilines is 1. The third-order valence-electron chi connectivity index (χ3n) is 5.65. The predicted octanol–water partition coefficient (Wildman–Crippen LogP) is 2.77. The number of nitrogens with one attached hydrogen (secondary N) is 1. The van der Waals surface area contributed by atoms with Gasteiger partial charge in [-0.3, -0.25) is 19.4 Å². The van der Waals surface area contributed by atoms with E-state index in [-0.39, 0.29) is 24.9 Å². The van der Waals surface area contributed by atoms with Gasteiger partial charge in [-0.2, -0.15) is 0 Å². The monoisotopic (exact) mass is 408 g/mol. The van der Waals surface area contributed by atoms with Crippen molar-refractivity contribution in [3.8, 4) is 0 Å². The Balaban J connectivity index is 1.41. The van der Waals surface area contributed by atoms with Crippen LogP contribution in [0.3, 0.4) is 0 Å². The molecule has 1 aliphatic rings. The van der Waals surface area contributed by atoms with Gasteiger partial charge in [0.2, 0.25) is 11.8 Å². The van der Waals surface area contributed by atoms with Gasteiger partial charge in [0.1, 0.15) is 0 Å². The van der Waals surface area contributed by atoms with Crippen molar-refractivity contribution in [2.75, 3.05) is 51.6 Å². The standard InChI is InChI=1S/C24H32N4O2/c1-19-9-11-22(12-10-19)25-23(29)17-26(3)18-24(30)28-15-13-27(14-16-28)20(2)21-7-5-4-6-8-21/h4-12,20H,13-18H2,1-3H3,(H,25,29)/t20-/m0/s1. The largest absolute Gasteiger partial charge is 0.339 e. The van der Waals surface area contributed by atoms with Gasteiger partial charge in [0.25, 0.3) is 0 Å². The zero-order chi connectivity index (χ0) is 21.5. The van der Waals surface area contributed by atoms with E-state index in [1.165, 1.54) is 5.56 Å². The topological polar surface area (TPSA) is 55.9 Å². The highest BCUT2D eigenvalue weighted by Gasteiger charge is 2.25. The molecule has 2 aromatic carbocycles. The number of benzene rings is 2. The Morgan fingerprint density at radius 1 is 0.967 bits per heavy atom. The van der Waals surface area contributed by atoms with Gasteiger partial charge in [-0.05, 0) is 38.6 Å². The van der Waals surface area contributed by atoms with Crippen molar-refractivity contribution in [2.45, 2.75) is 19.9 Å². The lowest BCUT2D eigenvalue weighted by molar-refractivity contribution is -0.134. The fourth-order valence-electron chi connectivity index (χ4n) is 3.77. The van der Waals surface area contributed by atoms with Gasteiger partial charge in [-0.15, -0.1) is 0 Å². The van der Waals surface area contributed by atoms with Crippen molar-refractivity contribution < 1.29 is 9.59 Å². The zero-order valence-corrected chi connectivity index (χ0v) is 18.2. The molecule has 160 valence electrons. The van der Waals surface area contributed by atoms with Crippen molar-refractivity contribution in [2.24, 2.45) is 0 Å². The first-order valence-electron chi connectivity index (χ1n) is 10.5. The number of likely N-dealkylation sites (N-methyl/N-ethyl adjacent to an activating group) is 1. The lowest BCUT2D eigenvalue weighted by Crippen LogP contribution is -2.51. The molecule has 30 heavy (non-hydrogen) atoms. The Morgan fingerprint density at radius 3 is 2.23 bits per heavy atom. The summed E-state index contributed by atoms with van der Waals surface area (Å²) in [7, 11) is 1.81. The second-order valence-electron chi connectivity index (χ2n) is 8.09. The first-order valence-corrected chi connectivity index (χ1v) is 10.5. The highest BCUT2D eigenvalue weighted by atomic mass is 16.2.